The molecule has 0 unspecified atom stereocenters. The highest BCUT2D eigenvalue weighted by Crippen LogP contribution is 2.28. The minimum Gasteiger partial charge on any atom is -0.352 e. The number of hydrogen-bond acceptors (Lipinski definition) is 2. The first-order chi connectivity index (χ1) is 6.76. The second-order valence-electron chi connectivity index (χ2n) is 3.96. The molecule has 0 spiro atoms. The Morgan fingerprint density at radius 3 is 2.21 bits per heavy atom. The Morgan fingerprint density at radius 1 is 1.21 bits per heavy atom. The van der Waals surface area contributed by atoms with Crippen molar-refractivity contribution in [3.8, 4) is 0 Å². The fourth-order valence-electron chi connectivity index (χ4n) is 1.36. The van der Waals surface area contributed by atoms with Crippen molar-refractivity contribution in [2.24, 2.45) is 5.41 Å². The van der Waals surface area contributed by atoms with Gasteiger partial charge in [-0.1, -0.05) is 13.3 Å². The van der Waals surface area contributed by atoms with Gasteiger partial charge in [0.15, 0.2) is 6.29 Å². The highest BCUT2D eigenvalue weighted by atomic mass is 35.5. The maximum atomic E-state index is 5.84. The molecular weight excluding hydrogens is 223 g/mol. The summed E-state index contributed by atoms with van der Waals surface area (Å²) < 4.78 is 11.2. The normalized spacial score (nSPS) is 22.5. The average Bonchev–Trinajstić information content (AvgIpc) is 2.27. The summed E-state index contributed by atoms with van der Waals surface area (Å²) in [6, 6.07) is 0. The first-order valence-electron chi connectivity index (χ1n) is 5.11. The number of alkyl halides is 2. The third-order valence-electron chi connectivity index (χ3n) is 2.51. The van der Waals surface area contributed by atoms with E-state index in [-0.39, 0.29) is 11.7 Å². The quantitative estimate of drug-likeness (QED) is 0.689. The van der Waals surface area contributed by atoms with Gasteiger partial charge in [0.25, 0.3) is 0 Å². The van der Waals surface area contributed by atoms with Gasteiger partial charge in [0, 0.05) is 17.2 Å². The van der Waals surface area contributed by atoms with Crippen LogP contribution in [0.4, 0.5) is 0 Å². The van der Waals surface area contributed by atoms with Gasteiger partial charge in [0.05, 0.1) is 13.2 Å². The molecule has 0 aromatic rings. The largest absolute Gasteiger partial charge is 0.352 e. The van der Waals surface area contributed by atoms with Crippen LogP contribution in [0.15, 0.2) is 0 Å². The summed E-state index contributed by atoms with van der Waals surface area (Å²) in [5.74, 6) is 0.994. The van der Waals surface area contributed by atoms with E-state index in [1.165, 1.54) is 6.42 Å². The van der Waals surface area contributed by atoms with Crippen LogP contribution in [0.25, 0.3) is 0 Å². The molecule has 0 aliphatic carbocycles. The highest BCUT2D eigenvalue weighted by molar-refractivity contribution is 6.21. The monoisotopic (exact) mass is 240 g/mol. The molecule has 0 aromatic heterocycles. The van der Waals surface area contributed by atoms with Crippen LogP contribution >= 0.6 is 23.2 Å². The summed E-state index contributed by atoms with van der Waals surface area (Å²) in [5, 5.41) is 0. The summed E-state index contributed by atoms with van der Waals surface area (Å²) in [7, 11) is 0. The molecule has 0 saturated carbocycles. The lowest BCUT2D eigenvalue weighted by molar-refractivity contribution is -0.222. The van der Waals surface area contributed by atoms with Crippen molar-refractivity contribution in [1.29, 1.82) is 0 Å². The van der Waals surface area contributed by atoms with Crippen LogP contribution in [0.1, 0.15) is 26.2 Å². The average molecular weight is 241 g/mol. The van der Waals surface area contributed by atoms with Gasteiger partial charge >= 0.3 is 0 Å². The van der Waals surface area contributed by atoms with E-state index in [4.69, 9.17) is 32.7 Å². The van der Waals surface area contributed by atoms with E-state index < -0.39 is 0 Å². The second kappa shape index (κ2) is 6.16. The molecule has 14 heavy (non-hydrogen) atoms. The zero-order valence-corrected chi connectivity index (χ0v) is 10.1. The van der Waals surface area contributed by atoms with Gasteiger partial charge in [-0.3, -0.25) is 0 Å². The van der Waals surface area contributed by atoms with E-state index in [0.717, 1.165) is 12.8 Å². The molecule has 1 aliphatic rings. The fourth-order valence-corrected chi connectivity index (χ4v) is 1.95. The lowest BCUT2D eigenvalue weighted by Gasteiger charge is -2.37. The zero-order chi connectivity index (χ0) is 10.4. The van der Waals surface area contributed by atoms with E-state index >= 15 is 0 Å². The molecule has 1 aliphatic heterocycles. The summed E-state index contributed by atoms with van der Waals surface area (Å²) in [4.78, 5) is 0. The van der Waals surface area contributed by atoms with Crippen LogP contribution < -0.4 is 0 Å². The van der Waals surface area contributed by atoms with Crippen molar-refractivity contribution in [3.05, 3.63) is 0 Å². The molecule has 0 radical (unpaired) electrons. The van der Waals surface area contributed by atoms with E-state index in [2.05, 4.69) is 6.92 Å². The molecule has 0 atom stereocenters. The maximum absolute atomic E-state index is 5.84. The summed E-state index contributed by atoms with van der Waals surface area (Å²) >= 11 is 11.7. The number of unbranched alkanes of at least 4 members (excludes halogenated alkanes) is 1. The molecule has 1 rings (SSSR count). The van der Waals surface area contributed by atoms with Crippen LogP contribution in [0.5, 0.6) is 0 Å². The fraction of sp³-hybridized carbons (Fsp3) is 1.00. The van der Waals surface area contributed by atoms with E-state index in [9.17, 15) is 0 Å². The highest BCUT2D eigenvalue weighted by Gasteiger charge is 2.35. The van der Waals surface area contributed by atoms with Crippen molar-refractivity contribution >= 4 is 23.2 Å². The van der Waals surface area contributed by atoms with Crippen LogP contribution in [-0.4, -0.2) is 31.3 Å². The van der Waals surface area contributed by atoms with Gasteiger partial charge in [-0.05, 0) is 12.8 Å². The third-order valence-corrected chi connectivity index (χ3v) is 3.65. The Morgan fingerprint density at radius 2 is 1.79 bits per heavy atom. The van der Waals surface area contributed by atoms with Gasteiger partial charge in [-0.2, -0.15) is 0 Å². The van der Waals surface area contributed by atoms with Gasteiger partial charge in [-0.15, -0.1) is 23.2 Å². The van der Waals surface area contributed by atoms with Crippen LogP contribution in [0.3, 0.4) is 0 Å². The lowest BCUT2D eigenvalue weighted by Crippen LogP contribution is -2.44. The van der Waals surface area contributed by atoms with Crippen molar-refractivity contribution in [1.82, 2.24) is 0 Å². The van der Waals surface area contributed by atoms with E-state index in [1.54, 1.807) is 0 Å². The SMILES string of the molecule is CCCCC1OCC(CCl)(CCl)CO1. The van der Waals surface area contributed by atoms with Gasteiger partial charge in [-0.25, -0.2) is 0 Å². The van der Waals surface area contributed by atoms with Gasteiger partial charge in [0.1, 0.15) is 0 Å². The minimum atomic E-state index is -0.175. The number of rotatable bonds is 5. The molecular formula is C10H18Cl2O2. The maximum Gasteiger partial charge on any atom is 0.157 e. The van der Waals surface area contributed by atoms with Crippen molar-refractivity contribution in [2.45, 2.75) is 32.5 Å². The Bertz CT molecular complexity index is 150. The lowest BCUT2D eigenvalue weighted by atomic mass is 9.94. The number of hydrogen-bond donors (Lipinski definition) is 0. The van der Waals surface area contributed by atoms with Gasteiger partial charge < -0.3 is 9.47 Å². The molecule has 1 heterocycles. The molecule has 2 nitrogen and oxygen atoms in total. The predicted octanol–water partition coefficient (Wildman–Crippen LogP) is 3.01. The van der Waals surface area contributed by atoms with Crippen LogP contribution in [0.2, 0.25) is 0 Å². The molecule has 4 heteroatoms. The third kappa shape index (κ3) is 3.27. The first kappa shape index (κ1) is 12.6. The Balaban J connectivity index is 2.29. The number of halogens is 2. The molecule has 0 bridgehead atoms. The Hall–Kier alpha value is 0.500. The first-order valence-corrected chi connectivity index (χ1v) is 6.18. The Kier molecular flexibility index (Phi) is 5.53. The van der Waals surface area contributed by atoms with Crippen molar-refractivity contribution < 1.29 is 9.47 Å². The molecule has 0 aromatic carbocycles. The number of ether oxygens (including phenoxy) is 2. The Labute approximate surface area is 95.9 Å². The van der Waals surface area contributed by atoms with E-state index in [0.29, 0.717) is 25.0 Å². The summed E-state index contributed by atoms with van der Waals surface area (Å²) in [6.07, 6.45) is 3.23. The molecule has 0 N–H and O–H groups in total. The van der Waals surface area contributed by atoms with Crippen molar-refractivity contribution in [3.63, 3.8) is 0 Å². The zero-order valence-electron chi connectivity index (χ0n) is 8.60. The van der Waals surface area contributed by atoms with E-state index in [1.807, 2.05) is 0 Å². The summed E-state index contributed by atoms with van der Waals surface area (Å²) in [6.45, 7) is 3.40. The smallest absolute Gasteiger partial charge is 0.157 e. The van der Waals surface area contributed by atoms with Crippen molar-refractivity contribution in [2.75, 3.05) is 25.0 Å². The summed E-state index contributed by atoms with van der Waals surface area (Å²) in [5.41, 5.74) is -0.175. The predicted molar refractivity (Wildman–Crippen MR) is 59.1 cm³/mol. The standard InChI is InChI=1S/C10H18Cl2O2/c1-2-3-4-9-13-7-10(5-11,6-12)8-14-9/h9H,2-8H2,1H3. The van der Waals surface area contributed by atoms with Gasteiger partial charge in [0.2, 0.25) is 0 Å². The molecule has 84 valence electrons. The van der Waals surface area contributed by atoms with Crippen LogP contribution in [0, 0.1) is 5.41 Å². The minimum absolute atomic E-state index is 0.0468. The molecule has 1 fully saturated rings. The van der Waals surface area contributed by atoms with Crippen LogP contribution in [-0.2, 0) is 9.47 Å². The molecule has 1 saturated heterocycles. The second-order valence-corrected chi connectivity index (χ2v) is 4.50. The molecule has 0 amide bonds. The topological polar surface area (TPSA) is 18.5 Å².